The number of benzene rings is 1. The molecule has 2 aromatic rings. The van der Waals surface area contributed by atoms with Gasteiger partial charge in [0.1, 0.15) is 17.7 Å². The summed E-state index contributed by atoms with van der Waals surface area (Å²) in [5.41, 5.74) is 8.99. The van der Waals surface area contributed by atoms with Crippen molar-refractivity contribution < 1.29 is 19.0 Å². The van der Waals surface area contributed by atoms with Crippen LogP contribution in [0.5, 0.6) is 5.75 Å². The minimum Gasteiger partial charge on any atom is -0.488 e. The van der Waals surface area contributed by atoms with Crippen LogP contribution in [0.2, 0.25) is 5.02 Å². The van der Waals surface area contributed by atoms with E-state index in [4.69, 9.17) is 22.1 Å². The smallest absolute Gasteiger partial charge is 0.258 e. The van der Waals surface area contributed by atoms with Gasteiger partial charge in [-0.05, 0) is 39.3 Å². The molecule has 3 N–H and O–H groups in total. The predicted molar refractivity (Wildman–Crippen MR) is 127 cm³/mol. The number of rotatable bonds is 6. The van der Waals surface area contributed by atoms with Crippen molar-refractivity contribution in [2.45, 2.75) is 39.4 Å². The Morgan fingerprint density at radius 3 is 2.71 bits per heavy atom. The van der Waals surface area contributed by atoms with Crippen molar-refractivity contribution in [3.05, 3.63) is 57.5 Å². The van der Waals surface area contributed by atoms with E-state index < -0.39 is 11.9 Å². The Labute approximate surface area is 203 Å². The first-order valence-electron chi connectivity index (χ1n) is 11.3. The van der Waals surface area contributed by atoms with Crippen LogP contribution in [-0.2, 0) is 0 Å². The third-order valence-corrected chi connectivity index (χ3v) is 6.60. The number of aliphatic hydroxyl groups excluding tert-OH is 1. The fraction of sp³-hybridized carbons (Fsp3) is 0.458. The lowest BCUT2D eigenvalue weighted by molar-refractivity contribution is 0.0791. The highest BCUT2D eigenvalue weighted by molar-refractivity contribution is 6.31. The average Bonchev–Trinajstić information content (AvgIpc) is 3.37. The zero-order valence-electron chi connectivity index (χ0n) is 19.5. The van der Waals surface area contributed by atoms with Crippen molar-refractivity contribution in [2.75, 3.05) is 32.7 Å². The SMILES string of the molecule is Cc1nc(C2=C(N)CN(C(=O)c3ccc(F)cc3OC3CCN(CC(C)O)C3)C2)nc(C)c1Cl. The first kappa shape index (κ1) is 24.4. The maximum Gasteiger partial charge on any atom is 0.258 e. The van der Waals surface area contributed by atoms with Crippen LogP contribution >= 0.6 is 11.6 Å². The van der Waals surface area contributed by atoms with Gasteiger partial charge in [0.2, 0.25) is 0 Å². The molecule has 34 heavy (non-hydrogen) atoms. The number of nitrogens with zero attached hydrogens (tertiary/aromatic N) is 4. The van der Waals surface area contributed by atoms with Crippen LogP contribution in [0, 0.1) is 19.7 Å². The number of hydrogen-bond donors (Lipinski definition) is 2. The summed E-state index contributed by atoms with van der Waals surface area (Å²) in [6, 6.07) is 3.93. The molecule has 8 nitrogen and oxygen atoms in total. The van der Waals surface area contributed by atoms with E-state index in [1.807, 2.05) is 0 Å². The number of aromatic nitrogens is 2. The van der Waals surface area contributed by atoms with E-state index in [9.17, 15) is 14.3 Å². The topological polar surface area (TPSA) is 105 Å². The number of carbonyl (C=O) groups is 1. The van der Waals surface area contributed by atoms with Gasteiger partial charge in [0, 0.05) is 37.0 Å². The zero-order chi connectivity index (χ0) is 24.6. The summed E-state index contributed by atoms with van der Waals surface area (Å²) in [5, 5.41) is 10.1. The molecule has 0 radical (unpaired) electrons. The average molecular weight is 490 g/mol. The molecule has 0 spiro atoms. The Morgan fingerprint density at radius 2 is 2.03 bits per heavy atom. The molecule has 2 atom stereocenters. The van der Waals surface area contributed by atoms with E-state index >= 15 is 0 Å². The molecule has 1 amide bonds. The van der Waals surface area contributed by atoms with E-state index in [1.54, 1.807) is 25.7 Å². The lowest BCUT2D eigenvalue weighted by atomic mass is 10.1. The first-order valence-corrected chi connectivity index (χ1v) is 11.6. The van der Waals surface area contributed by atoms with Gasteiger partial charge in [-0.25, -0.2) is 14.4 Å². The van der Waals surface area contributed by atoms with Crippen LogP contribution in [0.25, 0.3) is 5.57 Å². The summed E-state index contributed by atoms with van der Waals surface area (Å²) in [5.74, 6) is -0.137. The van der Waals surface area contributed by atoms with Gasteiger partial charge in [-0.3, -0.25) is 9.69 Å². The molecule has 1 fully saturated rings. The number of hydrogen-bond acceptors (Lipinski definition) is 7. The Balaban J connectivity index is 1.51. The number of aliphatic hydroxyl groups is 1. The lowest BCUT2D eigenvalue weighted by Crippen LogP contribution is -2.32. The summed E-state index contributed by atoms with van der Waals surface area (Å²) in [6.45, 7) is 7.68. The van der Waals surface area contributed by atoms with E-state index in [-0.39, 0.29) is 36.4 Å². The highest BCUT2D eigenvalue weighted by Gasteiger charge is 2.31. The second-order valence-corrected chi connectivity index (χ2v) is 9.35. The van der Waals surface area contributed by atoms with Crippen molar-refractivity contribution in [2.24, 2.45) is 5.73 Å². The molecule has 2 unspecified atom stereocenters. The van der Waals surface area contributed by atoms with E-state index in [2.05, 4.69) is 14.9 Å². The number of nitrogens with two attached hydrogens (primary N) is 1. The van der Waals surface area contributed by atoms with Crippen LogP contribution in [0.15, 0.2) is 23.9 Å². The standard InChI is InChI=1S/C24H29ClFN5O3/c1-13(32)9-30-7-6-17(10-30)34-21-8-16(26)4-5-18(21)24(33)31-11-19(20(27)12-31)23-28-14(2)22(25)15(3)29-23/h4-5,8,13,17,32H,6-7,9-12,27H2,1-3H3. The van der Waals surface area contributed by atoms with E-state index in [0.29, 0.717) is 46.6 Å². The minimum atomic E-state index is -0.481. The third kappa shape index (κ3) is 5.16. The van der Waals surface area contributed by atoms with Gasteiger partial charge in [0.15, 0.2) is 5.82 Å². The second kappa shape index (κ2) is 9.85. The maximum atomic E-state index is 14.1. The number of likely N-dealkylation sites (tertiary alicyclic amines) is 1. The van der Waals surface area contributed by atoms with Gasteiger partial charge >= 0.3 is 0 Å². The Morgan fingerprint density at radius 1 is 1.32 bits per heavy atom. The highest BCUT2D eigenvalue weighted by atomic mass is 35.5. The molecule has 2 aliphatic heterocycles. The normalized spacial score (nSPS) is 19.7. The quantitative estimate of drug-likeness (QED) is 0.642. The maximum absolute atomic E-state index is 14.1. The summed E-state index contributed by atoms with van der Waals surface area (Å²) >= 11 is 6.19. The van der Waals surface area contributed by atoms with Crippen molar-refractivity contribution >= 4 is 23.1 Å². The molecule has 0 saturated carbocycles. The van der Waals surface area contributed by atoms with Gasteiger partial charge in [-0.1, -0.05) is 11.6 Å². The van der Waals surface area contributed by atoms with Crippen LogP contribution in [0.1, 0.15) is 40.9 Å². The fourth-order valence-corrected chi connectivity index (χ4v) is 4.48. The van der Waals surface area contributed by atoms with Crippen LogP contribution in [0.4, 0.5) is 4.39 Å². The van der Waals surface area contributed by atoms with Gasteiger partial charge in [-0.2, -0.15) is 0 Å². The number of aryl methyl sites for hydroxylation is 2. The van der Waals surface area contributed by atoms with Gasteiger partial charge in [0.05, 0.1) is 41.2 Å². The van der Waals surface area contributed by atoms with Gasteiger partial charge in [-0.15, -0.1) is 0 Å². The molecule has 4 rings (SSSR count). The number of β-amino-alcohol motifs (C(OH)–C–C–N with tert-alkyl or cyclic N) is 1. The van der Waals surface area contributed by atoms with Gasteiger partial charge in [0.25, 0.3) is 5.91 Å². The zero-order valence-corrected chi connectivity index (χ0v) is 20.3. The van der Waals surface area contributed by atoms with Crippen LogP contribution in [-0.4, -0.2) is 75.7 Å². The summed E-state index contributed by atoms with van der Waals surface area (Å²) in [7, 11) is 0. The molecule has 1 aromatic heterocycles. The number of halogens is 2. The molecule has 0 aliphatic carbocycles. The molecule has 1 saturated heterocycles. The van der Waals surface area contributed by atoms with E-state index in [0.717, 1.165) is 13.0 Å². The molecular weight excluding hydrogens is 461 g/mol. The van der Waals surface area contributed by atoms with Crippen molar-refractivity contribution in [3.63, 3.8) is 0 Å². The number of ether oxygens (including phenoxy) is 1. The second-order valence-electron chi connectivity index (χ2n) is 8.97. The van der Waals surface area contributed by atoms with E-state index in [1.165, 1.54) is 18.2 Å². The van der Waals surface area contributed by atoms with Crippen LogP contribution in [0.3, 0.4) is 0 Å². The first-order chi connectivity index (χ1) is 16.1. The Hall–Kier alpha value is -2.75. The molecule has 10 heteroatoms. The molecule has 3 heterocycles. The molecular formula is C24H29ClFN5O3. The highest BCUT2D eigenvalue weighted by Crippen LogP contribution is 2.30. The predicted octanol–water partition coefficient (Wildman–Crippen LogP) is 2.55. The monoisotopic (exact) mass is 489 g/mol. The summed E-state index contributed by atoms with van der Waals surface area (Å²) in [4.78, 5) is 26.0. The summed E-state index contributed by atoms with van der Waals surface area (Å²) < 4.78 is 20.1. The lowest BCUT2D eigenvalue weighted by Gasteiger charge is -2.21. The third-order valence-electron chi connectivity index (χ3n) is 6.06. The Bertz CT molecular complexity index is 1120. The van der Waals surface area contributed by atoms with Crippen LogP contribution < -0.4 is 10.5 Å². The molecule has 182 valence electrons. The fourth-order valence-electron chi connectivity index (χ4n) is 4.40. The summed E-state index contributed by atoms with van der Waals surface area (Å²) in [6.07, 6.45) is 0.0914. The van der Waals surface area contributed by atoms with Crippen molar-refractivity contribution in [1.29, 1.82) is 0 Å². The molecule has 1 aromatic carbocycles. The van der Waals surface area contributed by atoms with Crippen molar-refractivity contribution in [3.8, 4) is 5.75 Å². The molecule has 0 bridgehead atoms. The van der Waals surface area contributed by atoms with Gasteiger partial charge < -0.3 is 20.5 Å². The van der Waals surface area contributed by atoms with Crippen molar-refractivity contribution in [1.82, 2.24) is 19.8 Å². The Kier molecular flexibility index (Phi) is 7.06. The number of amides is 1. The number of carbonyl (C=O) groups excluding carboxylic acids is 1. The largest absolute Gasteiger partial charge is 0.488 e. The minimum absolute atomic E-state index is 0.196. The molecule has 2 aliphatic rings.